The van der Waals surface area contributed by atoms with Gasteiger partial charge in [-0.3, -0.25) is 4.79 Å². The number of hydrogen-bond acceptors (Lipinski definition) is 1. The molecular formula is C13H16ClFO. The van der Waals surface area contributed by atoms with E-state index in [0.29, 0.717) is 12.8 Å². The second-order valence-corrected chi connectivity index (χ2v) is 4.33. The van der Waals surface area contributed by atoms with Crippen LogP contribution in [0.25, 0.3) is 0 Å². The summed E-state index contributed by atoms with van der Waals surface area (Å²) in [6, 6.07) is 4.44. The van der Waals surface area contributed by atoms with Gasteiger partial charge in [-0.15, -0.1) is 0 Å². The molecule has 0 saturated carbocycles. The molecule has 0 heterocycles. The molecule has 0 atom stereocenters. The first-order valence-electron chi connectivity index (χ1n) is 5.59. The van der Waals surface area contributed by atoms with Crippen LogP contribution in [0.5, 0.6) is 0 Å². The van der Waals surface area contributed by atoms with E-state index in [9.17, 15) is 9.18 Å². The maximum absolute atomic E-state index is 12.9. The molecule has 1 aromatic carbocycles. The highest BCUT2D eigenvalue weighted by molar-refractivity contribution is 6.30. The van der Waals surface area contributed by atoms with E-state index in [2.05, 4.69) is 6.92 Å². The van der Waals surface area contributed by atoms with E-state index in [-0.39, 0.29) is 10.8 Å². The molecule has 3 heteroatoms. The SMILES string of the molecule is CCCCCC(=O)Cc1ccc(F)c(Cl)c1. The summed E-state index contributed by atoms with van der Waals surface area (Å²) in [5, 5.41) is 0.0823. The summed E-state index contributed by atoms with van der Waals surface area (Å²) in [6.07, 6.45) is 4.07. The number of carbonyl (C=O) groups excluding carboxylic acids is 1. The Morgan fingerprint density at radius 3 is 2.75 bits per heavy atom. The highest BCUT2D eigenvalue weighted by Gasteiger charge is 2.06. The van der Waals surface area contributed by atoms with E-state index in [1.54, 1.807) is 6.07 Å². The molecule has 1 nitrogen and oxygen atoms in total. The molecular weight excluding hydrogens is 227 g/mol. The topological polar surface area (TPSA) is 17.1 Å². The zero-order valence-corrected chi connectivity index (χ0v) is 10.2. The molecule has 0 aliphatic rings. The molecule has 0 saturated heterocycles. The molecule has 0 spiro atoms. The van der Waals surface area contributed by atoms with Gasteiger partial charge in [0.25, 0.3) is 0 Å². The van der Waals surface area contributed by atoms with Crippen LogP contribution < -0.4 is 0 Å². The summed E-state index contributed by atoms with van der Waals surface area (Å²) in [7, 11) is 0. The number of unbranched alkanes of at least 4 members (excludes halogenated alkanes) is 2. The van der Waals surface area contributed by atoms with E-state index < -0.39 is 5.82 Å². The van der Waals surface area contributed by atoms with Crippen LogP contribution in [0.4, 0.5) is 4.39 Å². The normalized spacial score (nSPS) is 10.4. The first-order chi connectivity index (χ1) is 7.63. The quantitative estimate of drug-likeness (QED) is 0.685. The largest absolute Gasteiger partial charge is 0.299 e. The Hall–Kier alpha value is -0.890. The third-order valence-electron chi connectivity index (χ3n) is 2.44. The molecule has 0 aliphatic carbocycles. The third kappa shape index (κ3) is 4.31. The Balaban J connectivity index is 2.46. The van der Waals surface area contributed by atoms with Crippen LogP contribution >= 0.6 is 11.6 Å². The Morgan fingerprint density at radius 2 is 2.12 bits per heavy atom. The third-order valence-corrected chi connectivity index (χ3v) is 2.73. The maximum atomic E-state index is 12.9. The summed E-state index contributed by atoms with van der Waals surface area (Å²) in [4.78, 5) is 11.5. The smallest absolute Gasteiger partial charge is 0.141 e. The van der Waals surface area contributed by atoms with Crippen molar-refractivity contribution >= 4 is 17.4 Å². The van der Waals surface area contributed by atoms with Crippen LogP contribution in [0.1, 0.15) is 38.2 Å². The number of hydrogen-bond donors (Lipinski definition) is 0. The fraction of sp³-hybridized carbons (Fsp3) is 0.462. The van der Waals surface area contributed by atoms with Gasteiger partial charge in [0.2, 0.25) is 0 Å². The summed E-state index contributed by atoms with van der Waals surface area (Å²) in [5.41, 5.74) is 0.785. The molecule has 0 N–H and O–H groups in total. The molecule has 1 rings (SSSR count). The molecule has 0 aliphatic heterocycles. The Bertz CT molecular complexity index is 363. The zero-order chi connectivity index (χ0) is 12.0. The van der Waals surface area contributed by atoms with Gasteiger partial charge in [-0.25, -0.2) is 4.39 Å². The number of carbonyl (C=O) groups is 1. The summed E-state index contributed by atoms with van der Waals surface area (Å²) < 4.78 is 12.9. The molecule has 0 unspecified atom stereocenters. The van der Waals surface area contributed by atoms with Gasteiger partial charge in [0.05, 0.1) is 5.02 Å². The van der Waals surface area contributed by atoms with E-state index in [0.717, 1.165) is 24.8 Å². The van der Waals surface area contributed by atoms with Crippen LogP contribution in [0, 0.1) is 5.82 Å². The van der Waals surface area contributed by atoms with Crippen molar-refractivity contribution < 1.29 is 9.18 Å². The summed E-state index contributed by atoms with van der Waals surface area (Å²) in [5.74, 6) is -0.250. The summed E-state index contributed by atoms with van der Waals surface area (Å²) in [6.45, 7) is 2.10. The highest BCUT2D eigenvalue weighted by atomic mass is 35.5. The Morgan fingerprint density at radius 1 is 1.38 bits per heavy atom. The first-order valence-corrected chi connectivity index (χ1v) is 5.97. The minimum atomic E-state index is -0.441. The second kappa shape index (κ2) is 6.64. The van der Waals surface area contributed by atoms with Crippen LogP contribution in [0.3, 0.4) is 0 Å². The van der Waals surface area contributed by atoms with Crippen LogP contribution in [0.15, 0.2) is 18.2 Å². The van der Waals surface area contributed by atoms with E-state index in [4.69, 9.17) is 11.6 Å². The van der Waals surface area contributed by atoms with Gasteiger partial charge >= 0.3 is 0 Å². The van der Waals surface area contributed by atoms with E-state index in [1.165, 1.54) is 12.1 Å². The molecule has 16 heavy (non-hydrogen) atoms. The summed E-state index contributed by atoms with van der Waals surface area (Å²) >= 11 is 5.64. The van der Waals surface area contributed by atoms with Crippen molar-refractivity contribution in [2.75, 3.05) is 0 Å². The van der Waals surface area contributed by atoms with Crippen molar-refractivity contribution in [3.8, 4) is 0 Å². The number of halogens is 2. The molecule has 0 fully saturated rings. The van der Waals surface area contributed by atoms with Crippen LogP contribution in [0.2, 0.25) is 5.02 Å². The predicted molar refractivity (Wildman–Crippen MR) is 64.3 cm³/mol. The van der Waals surface area contributed by atoms with Gasteiger partial charge < -0.3 is 0 Å². The maximum Gasteiger partial charge on any atom is 0.141 e. The van der Waals surface area contributed by atoms with Crippen molar-refractivity contribution in [2.24, 2.45) is 0 Å². The minimum Gasteiger partial charge on any atom is -0.299 e. The van der Waals surface area contributed by atoms with Crippen molar-refractivity contribution in [1.82, 2.24) is 0 Å². The van der Waals surface area contributed by atoms with E-state index >= 15 is 0 Å². The average molecular weight is 243 g/mol. The minimum absolute atomic E-state index is 0.0823. The predicted octanol–water partition coefficient (Wildman–Crippen LogP) is 4.17. The number of Topliss-reactive ketones (excluding diaryl/α,β-unsaturated/α-hetero) is 1. The zero-order valence-electron chi connectivity index (χ0n) is 9.43. The van der Waals surface area contributed by atoms with Crippen molar-refractivity contribution in [3.05, 3.63) is 34.6 Å². The lowest BCUT2D eigenvalue weighted by Gasteiger charge is -2.02. The standard InChI is InChI=1S/C13H16ClFO/c1-2-3-4-5-11(16)8-10-6-7-13(15)12(14)9-10/h6-7,9H,2-5,8H2,1H3. The van der Waals surface area contributed by atoms with Gasteiger partial charge in [0, 0.05) is 12.8 Å². The van der Waals surface area contributed by atoms with E-state index in [1.807, 2.05) is 0 Å². The van der Waals surface area contributed by atoms with Gasteiger partial charge in [0.15, 0.2) is 0 Å². The monoisotopic (exact) mass is 242 g/mol. The van der Waals surface area contributed by atoms with Crippen molar-refractivity contribution in [3.63, 3.8) is 0 Å². The molecule has 0 aromatic heterocycles. The number of benzene rings is 1. The number of rotatable bonds is 6. The molecule has 88 valence electrons. The van der Waals surface area contributed by atoms with Gasteiger partial charge in [-0.05, 0) is 24.1 Å². The highest BCUT2D eigenvalue weighted by Crippen LogP contribution is 2.17. The number of ketones is 1. The van der Waals surface area contributed by atoms with Gasteiger partial charge in [-0.2, -0.15) is 0 Å². The average Bonchev–Trinajstić information content (AvgIpc) is 2.24. The Kier molecular flexibility index (Phi) is 5.47. The van der Waals surface area contributed by atoms with Crippen molar-refractivity contribution in [2.45, 2.75) is 39.0 Å². The second-order valence-electron chi connectivity index (χ2n) is 3.92. The molecule has 0 amide bonds. The first kappa shape index (κ1) is 13.2. The Labute approximate surface area is 101 Å². The van der Waals surface area contributed by atoms with Gasteiger partial charge in [-0.1, -0.05) is 37.4 Å². The molecule has 0 radical (unpaired) electrons. The fourth-order valence-electron chi connectivity index (χ4n) is 1.54. The lowest BCUT2D eigenvalue weighted by molar-refractivity contribution is -0.118. The molecule has 0 bridgehead atoms. The van der Waals surface area contributed by atoms with Crippen LogP contribution in [-0.2, 0) is 11.2 Å². The fourth-order valence-corrected chi connectivity index (χ4v) is 1.74. The van der Waals surface area contributed by atoms with Crippen LogP contribution in [-0.4, -0.2) is 5.78 Å². The lowest BCUT2D eigenvalue weighted by atomic mass is 10.0. The van der Waals surface area contributed by atoms with Crippen molar-refractivity contribution in [1.29, 1.82) is 0 Å². The lowest BCUT2D eigenvalue weighted by Crippen LogP contribution is -2.02. The van der Waals surface area contributed by atoms with Gasteiger partial charge in [0.1, 0.15) is 11.6 Å². The molecule has 1 aromatic rings.